The molecule has 0 spiro atoms. The maximum absolute atomic E-state index is 5.28. The van der Waals surface area contributed by atoms with E-state index in [-0.39, 0.29) is 6.79 Å². The van der Waals surface area contributed by atoms with Crippen molar-refractivity contribution in [2.45, 2.75) is 13.3 Å². The Bertz CT molecular complexity index is 396. The molecule has 1 aromatic carbocycles. The summed E-state index contributed by atoms with van der Waals surface area (Å²) in [7, 11) is 0. The minimum absolute atomic E-state index is 0.289. The van der Waals surface area contributed by atoms with Gasteiger partial charge in [-0.05, 0) is 30.8 Å². The zero-order valence-corrected chi connectivity index (χ0v) is 9.89. The Labute approximate surface area is 99.9 Å². The largest absolute Gasteiger partial charge is 0.454 e. The molecule has 1 aromatic rings. The molecule has 0 fully saturated rings. The van der Waals surface area contributed by atoms with E-state index >= 15 is 0 Å². The fourth-order valence-electron chi connectivity index (χ4n) is 1.39. The Kier molecular flexibility index (Phi) is 3.46. The smallest absolute Gasteiger partial charge is 0.231 e. The number of benzene rings is 1. The van der Waals surface area contributed by atoms with E-state index in [9.17, 15) is 0 Å². The summed E-state index contributed by atoms with van der Waals surface area (Å²) < 4.78 is 10.5. The van der Waals surface area contributed by atoms with E-state index in [1.165, 1.54) is 0 Å². The van der Waals surface area contributed by atoms with Crippen molar-refractivity contribution in [2.75, 3.05) is 18.7 Å². The molecule has 16 heavy (non-hydrogen) atoms. The van der Waals surface area contributed by atoms with Crippen molar-refractivity contribution in [2.24, 2.45) is 0 Å². The normalized spacial score (nSPS) is 12.3. The highest BCUT2D eigenvalue weighted by Gasteiger charge is 2.13. The molecule has 2 rings (SSSR count). The molecule has 86 valence electrons. The fraction of sp³-hybridized carbons (Fsp3) is 0.364. The van der Waals surface area contributed by atoms with E-state index in [1.807, 2.05) is 18.2 Å². The summed E-state index contributed by atoms with van der Waals surface area (Å²) in [6, 6.07) is 5.66. The van der Waals surface area contributed by atoms with Crippen LogP contribution in [-0.2, 0) is 0 Å². The lowest BCUT2D eigenvalue weighted by Crippen LogP contribution is -2.28. The van der Waals surface area contributed by atoms with Gasteiger partial charge in [0.25, 0.3) is 0 Å². The molecule has 0 bridgehead atoms. The van der Waals surface area contributed by atoms with Crippen molar-refractivity contribution in [3.8, 4) is 11.5 Å². The Morgan fingerprint density at radius 1 is 1.38 bits per heavy atom. The second-order valence-electron chi connectivity index (χ2n) is 3.45. The first-order valence-corrected chi connectivity index (χ1v) is 5.65. The lowest BCUT2D eigenvalue weighted by molar-refractivity contribution is 0.174. The molecule has 0 amide bonds. The summed E-state index contributed by atoms with van der Waals surface area (Å²) in [4.78, 5) is 0. The van der Waals surface area contributed by atoms with Crippen LogP contribution >= 0.6 is 12.2 Å². The van der Waals surface area contributed by atoms with Crippen molar-refractivity contribution in [3.63, 3.8) is 0 Å². The van der Waals surface area contributed by atoms with Gasteiger partial charge in [-0.3, -0.25) is 0 Å². The van der Waals surface area contributed by atoms with Crippen LogP contribution in [0.4, 0.5) is 5.69 Å². The molecule has 1 aliphatic heterocycles. The van der Waals surface area contributed by atoms with E-state index in [1.54, 1.807) is 0 Å². The van der Waals surface area contributed by atoms with Gasteiger partial charge in [0, 0.05) is 18.3 Å². The highest BCUT2D eigenvalue weighted by Crippen LogP contribution is 2.34. The van der Waals surface area contributed by atoms with E-state index < -0.39 is 0 Å². The summed E-state index contributed by atoms with van der Waals surface area (Å²) in [5.41, 5.74) is 0.901. The monoisotopic (exact) mass is 238 g/mol. The van der Waals surface area contributed by atoms with Gasteiger partial charge < -0.3 is 20.1 Å². The summed E-state index contributed by atoms with van der Waals surface area (Å²) in [5, 5.41) is 6.81. The Balaban J connectivity index is 1.97. The molecule has 0 atom stereocenters. The SMILES string of the molecule is CCCNC(=S)Nc1ccc2c(c1)OCO2. The average Bonchev–Trinajstić information content (AvgIpc) is 2.73. The maximum Gasteiger partial charge on any atom is 0.231 e. The van der Waals surface area contributed by atoms with Crippen LogP contribution in [0.15, 0.2) is 18.2 Å². The second kappa shape index (κ2) is 5.03. The van der Waals surface area contributed by atoms with Gasteiger partial charge >= 0.3 is 0 Å². The lowest BCUT2D eigenvalue weighted by atomic mass is 10.3. The van der Waals surface area contributed by atoms with E-state index in [4.69, 9.17) is 21.7 Å². The van der Waals surface area contributed by atoms with Gasteiger partial charge in [0.1, 0.15) is 0 Å². The molecule has 2 N–H and O–H groups in total. The third-order valence-corrected chi connectivity index (χ3v) is 2.41. The Hall–Kier alpha value is -1.49. The number of nitrogens with one attached hydrogen (secondary N) is 2. The average molecular weight is 238 g/mol. The molecule has 0 saturated carbocycles. The number of ether oxygens (including phenoxy) is 2. The topological polar surface area (TPSA) is 42.5 Å². The van der Waals surface area contributed by atoms with Crippen LogP contribution in [0.2, 0.25) is 0 Å². The van der Waals surface area contributed by atoms with Gasteiger partial charge in [0.15, 0.2) is 16.6 Å². The molecule has 0 radical (unpaired) electrons. The first-order chi connectivity index (χ1) is 7.79. The molecule has 0 saturated heterocycles. The van der Waals surface area contributed by atoms with Crippen LogP contribution in [0.3, 0.4) is 0 Å². The van der Waals surface area contributed by atoms with Gasteiger partial charge in [-0.25, -0.2) is 0 Å². The van der Waals surface area contributed by atoms with E-state index in [2.05, 4.69) is 17.6 Å². The van der Waals surface area contributed by atoms with Crippen LogP contribution in [0.5, 0.6) is 11.5 Å². The third kappa shape index (κ3) is 2.55. The number of anilines is 1. The molecular formula is C11H14N2O2S. The molecule has 1 heterocycles. The molecule has 0 aliphatic carbocycles. The minimum atomic E-state index is 0.289. The van der Waals surface area contributed by atoms with Gasteiger partial charge in [0.05, 0.1) is 0 Å². The van der Waals surface area contributed by atoms with Crippen LogP contribution in [0.1, 0.15) is 13.3 Å². The molecule has 5 heteroatoms. The summed E-state index contributed by atoms with van der Waals surface area (Å²) in [6.45, 7) is 3.25. The molecular weight excluding hydrogens is 224 g/mol. The van der Waals surface area contributed by atoms with E-state index in [0.29, 0.717) is 5.11 Å². The van der Waals surface area contributed by atoms with Crippen molar-refractivity contribution < 1.29 is 9.47 Å². The zero-order valence-electron chi connectivity index (χ0n) is 9.08. The van der Waals surface area contributed by atoms with Crippen molar-refractivity contribution in [1.29, 1.82) is 0 Å². The van der Waals surface area contributed by atoms with Crippen LogP contribution < -0.4 is 20.1 Å². The molecule has 1 aliphatic rings. The van der Waals surface area contributed by atoms with Gasteiger partial charge in [-0.1, -0.05) is 6.92 Å². The summed E-state index contributed by atoms with van der Waals surface area (Å²) >= 11 is 5.14. The van der Waals surface area contributed by atoms with Crippen molar-refractivity contribution in [3.05, 3.63) is 18.2 Å². The van der Waals surface area contributed by atoms with Crippen LogP contribution in [0.25, 0.3) is 0 Å². The zero-order chi connectivity index (χ0) is 11.4. The molecule has 0 aromatic heterocycles. The highest BCUT2D eigenvalue weighted by molar-refractivity contribution is 7.80. The number of hydrogen-bond acceptors (Lipinski definition) is 3. The minimum Gasteiger partial charge on any atom is -0.454 e. The lowest BCUT2D eigenvalue weighted by Gasteiger charge is -2.09. The highest BCUT2D eigenvalue weighted by atomic mass is 32.1. The summed E-state index contributed by atoms with van der Waals surface area (Å²) in [6.07, 6.45) is 1.04. The maximum atomic E-state index is 5.28. The molecule has 4 nitrogen and oxygen atoms in total. The van der Waals surface area contributed by atoms with Crippen molar-refractivity contribution >= 4 is 23.0 Å². The van der Waals surface area contributed by atoms with Crippen LogP contribution in [-0.4, -0.2) is 18.5 Å². The number of fused-ring (bicyclic) bond motifs is 1. The third-order valence-electron chi connectivity index (χ3n) is 2.17. The standard InChI is InChI=1S/C11H14N2O2S/c1-2-5-12-11(16)13-8-3-4-9-10(6-8)15-7-14-9/h3-4,6H,2,5,7H2,1H3,(H2,12,13,16). The molecule has 0 unspecified atom stereocenters. The second-order valence-corrected chi connectivity index (χ2v) is 3.86. The van der Waals surface area contributed by atoms with Gasteiger partial charge in [-0.2, -0.15) is 0 Å². The first kappa shape index (κ1) is 11.0. The van der Waals surface area contributed by atoms with Gasteiger partial charge in [-0.15, -0.1) is 0 Å². The summed E-state index contributed by atoms with van der Waals surface area (Å²) in [5.74, 6) is 1.53. The predicted octanol–water partition coefficient (Wildman–Crippen LogP) is 2.11. The van der Waals surface area contributed by atoms with E-state index in [0.717, 1.165) is 30.2 Å². The van der Waals surface area contributed by atoms with Gasteiger partial charge in [0.2, 0.25) is 6.79 Å². The Morgan fingerprint density at radius 3 is 3.00 bits per heavy atom. The van der Waals surface area contributed by atoms with Crippen LogP contribution in [0, 0.1) is 0 Å². The number of thiocarbonyl (C=S) groups is 1. The first-order valence-electron chi connectivity index (χ1n) is 5.24. The van der Waals surface area contributed by atoms with Crippen molar-refractivity contribution in [1.82, 2.24) is 5.32 Å². The predicted molar refractivity (Wildman–Crippen MR) is 67.1 cm³/mol. The fourth-order valence-corrected chi connectivity index (χ4v) is 1.61. The Morgan fingerprint density at radius 2 is 2.19 bits per heavy atom. The quantitative estimate of drug-likeness (QED) is 0.789. The number of rotatable bonds is 3. The number of hydrogen-bond donors (Lipinski definition) is 2.